The van der Waals surface area contributed by atoms with Crippen LogP contribution in [0, 0.1) is 0 Å². The second kappa shape index (κ2) is 9.33. The maximum absolute atomic E-state index is 12.2. The van der Waals surface area contributed by atoms with Gasteiger partial charge in [0.05, 0.1) is 0 Å². The SMILES string of the molecule is CSc1ccsc1C(=O)NCC(N)c1ccc(C(C)C)cc1.Cl. The van der Waals surface area contributed by atoms with Gasteiger partial charge in [-0.25, -0.2) is 0 Å². The second-order valence-electron chi connectivity index (χ2n) is 5.46. The fraction of sp³-hybridized carbons (Fsp3) is 0.353. The summed E-state index contributed by atoms with van der Waals surface area (Å²) >= 11 is 3.04. The van der Waals surface area contributed by atoms with Gasteiger partial charge in [-0.3, -0.25) is 4.79 Å². The van der Waals surface area contributed by atoms with E-state index in [2.05, 4.69) is 31.3 Å². The van der Waals surface area contributed by atoms with Gasteiger partial charge in [-0.2, -0.15) is 0 Å². The first-order valence-corrected chi connectivity index (χ1v) is 9.38. The minimum atomic E-state index is -0.192. The van der Waals surface area contributed by atoms with Crippen molar-refractivity contribution < 1.29 is 4.79 Å². The molecule has 1 unspecified atom stereocenters. The zero-order chi connectivity index (χ0) is 16.1. The molecule has 0 radical (unpaired) electrons. The molecule has 1 aromatic carbocycles. The Hall–Kier alpha value is -1.01. The minimum absolute atomic E-state index is 0. The van der Waals surface area contributed by atoms with Crippen LogP contribution >= 0.6 is 35.5 Å². The lowest BCUT2D eigenvalue weighted by atomic mass is 9.99. The third kappa shape index (κ3) is 5.24. The van der Waals surface area contributed by atoms with Crippen LogP contribution in [-0.2, 0) is 0 Å². The zero-order valence-electron chi connectivity index (χ0n) is 13.5. The lowest BCUT2D eigenvalue weighted by Gasteiger charge is -2.14. The van der Waals surface area contributed by atoms with Gasteiger partial charge in [-0.05, 0) is 34.7 Å². The Morgan fingerprint density at radius 2 is 1.83 bits per heavy atom. The van der Waals surface area contributed by atoms with E-state index < -0.39 is 0 Å². The van der Waals surface area contributed by atoms with Crippen LogP contribution in [0.4, 0.5) is 0 Å². The molecule has 2 aromatic rings. The summed E-state index contributed by atoms with van der Waals surface area (Å²) in [5.41, 5.74) is 8.51. The molecule has 1 amide bonds. The number of halogens is 1. The van der Waals surface area contributed by atoms with E-state index in [1.807, 2.05) is 29.8 Å². The van der Waals surface area contributed by atoms with Crippen molar-refractivity contribution in [3.8, 4) is 0 Å². The van der Waals surface area contributed by atoms with Gasteiger partial charge < -0.3 is 11.1 Å². The first-order chi connectivity index (χ1) is 10.5. The topological polar surface area (TPSA) is 55.1 Å². The van der Waals surface area contributed by atoms with E-state index in [-0.39, 0.29) is 24.4 Å². The molecule has 23 heavy (non-hydrogen) atoms. The van der Waals surface area contributed by atoms with E-state index in [1.54, 1.807) is 11.8 Å². The van der Waals surface area contributed by atoms with Crippen molar-refractivity contribution in [1.82, 2.24) is 5.32 Å². The molecule has 0 saturated carbocycles. The molecule has 1 aromatic heterocycles. The van der Waals surface area contributed by atoms with Gasteiger partial charge in [-0.15, -0.1) is 35.5 Å². The maximum Gasteiger partial charge on any atom is 0.262 e. The zero-order valence-corrected chi connectivity index (χ0v) is 16.0. The maximum atomic E-state index is 12.2. The number of thioether (sulfide) groups is 1. The summed E-state index contributed by atoms with van der Waals surface area (Å²) < 4.78 is 0. The van der Waals surface area contributed by atoms with E-state index >= 15 is 0 Å². The van der Waals surface area contributed by atoms with Crippen molar-refractivity contribution in [1.29, 1.82) is 0 Å². The van der Waals surface area contributed by atoms with E-state index in [1.165, 1.54) is 16.9 Å². The number of rotatable bonds is 6. The number of carbonyl (C=O) groups is 1. The molecule has 1 atom stereocenters. The van der Waals surface area contributed by atoms with Gasteiger partial charge in [0, 0.05) is 17.5 Å². The molecule has 6 heteroatoms. The normalized spacial score (nSPS) is 11.9. The van der Waals surface area contributed by atoms with Crippen molar-refractivity contribution in [3.63, 3.8) is 0 Å². The summed E-state index contributed by atoms with van der Waals surface area (Å²) in [7, 11) is 0. The van der Waals surface area contributed by atoms with Crippen molar-refractivity contribution >= 4 is 41.4 Å². The number of nitrogens with one attached hydrogen (secondary N) is 1. The van der Waals surface area contributed by atoms with Gasteiger partial charge in [0.2, 0.25) is 0 Å². The number of hydrogen-bond acceptors (Lipinski definition) is 4. The van der Waals surface area contributed by atoms with Crippen LogP contribution in [0.5, 0.6) is 0 Å². The van der Waals surface area contributed by atoms with Gasteiger partial charge in [0.25, 0.3) is 5.91 Å². The Bertz CT molecular complexity index is 626. The first kappa shape index (κ1) is 20.0. The molecular weight excluding hydrogens is 348 g/mol. The van der Waals surface area contributed by atoms with Crippen LogP contribution in [0.15, 0.2) is 40.6 Å². The molecule has 0 aliphatic rings. The number of carbonyl (C=O) groups excluding carboxylic acids is 1. The summed E-state index contributed by atoms with van der Waals surface area (Å²) in [5.74, 6) is 0.461. The third-order valence-electron chi connectivity index (χ3n) is 3.57. The van der Waals surface area contributed by atoms with Crippen LogP contribution in [0.2, 0.25) is 0 Å². The molecule has 0 aliphatic heterocycles. The lowest BCUT2D eigenvalue weighted by Crippen LogP contribution is -2.31. The largest absolute Gasteiger partial charge is 0.349 e. The number of hydrogen-bond donors (Lipinski definition) is 2. The molecule has 126 valence electrons. The summed E-state index contributed by atoms with van der Waals surface area (Å²) in [5, 5.41) is 4.86. The number of amides is 1. The van der Waals surface area contributed by atoms with E-state index in [9.17, 15) is 4.79 Å². The second-order valence-corrected chi connectivity index (χ2v) is 7.22. The molecule has 0 aliphatic carbocycles. The highest BCUT2D eigenvalue weighted by molar-refractivity contribution is 7.98. The van der Waals surface area contributed by atoms with Crippen LogP contribution in [0.1, 0.15) is 46.6 Å². The Balaban J connectivity index is 0.00000264. The van der Waals surface area contributed by atoms with E-state index in [4.69, 9.17) is 5.73 Å². The number of nitrogens with two attached hydrogens (primary N) is 1. The number of benzene rings is 1. The average Bonchev–Trinajstić information content (AvgIpc) is 3.01. The Labute approximate surface area is 152 Å². The average molecular weight is 371 g/mol. The monoisotopic (exact) mass is 370 g/mol. The highest BCUT2D eigenvalue weighted by Gasteiger charge is 2.14. The molecule has 0 bridgehead atoms. The van der Waals surface area contributed by atoms with E-state index in [0.717, 1.165) is 15.3 Å². The summed E-state index contributed by atoms with van der Waals surface area (Å²) in [6.07, 6.45) is 1.97. The van der Waals surface area contributed by atoms with Gasteiger partial charge in [0.1, 0.15) is 4.88 Å². The summed E-state index contributed by atoms with van der Waals surface area (Å²) in [6, 6.07) is 10.1. The highest BCUT2D eigenvalue weighted by Crippen LogP contribution is 2.25. The third-order valence-corrected chi connectivity index (χ3v) is 5.39. The standard InChI is InChI=1S/C17H22N2OS2.ClH/c1-11(2)12-4-6-13(7-5-12)14(18)10-19-17(20)16-15(21-3)8-9-22-16;/h4-9,11,14H,10,18H2,1-3H3,(H,19,20);1H. The Kier molecular flexibility index (Phi) is 8.12. The Morgan fingerprint density at radius 3 is 2.39 bits per heavy atom. The highest BCUT2D eigenvalue weighted by atomic mass is 35.5. The van der Waals surface area contributed by atoms with Gasteiger partial charge in [0.15, 0.2) is 0 Å². The fourth-order valence-corrected chi connectivity index (χ4v) is 3.82. The van der Waals surface area contributed by atoms with Crippen LogP contribution in [-0.4, -0.2) is 18.7 Å². The van der Waals surface area contributed by atoms with Gasteiger partial charge >= 0.3 is 0 Å². The molecule has 0 saturated heterocycles. The molecule has 0 fully saturated rings. The predicted octanol–water partition coefficient (Wildman–Crippen LogP) is 4.45. The predicted molar refractivity (Wildman–Crippen MR) is 103 cm³/mol. The quantitative estimate of drug-likeness (QED) is 0.739. The van der Waals surface area contributed by atoms with Gasteiger partial charge in [-0.1, -0.05) is 38.1 Å². The summed E-state index contributed by atoms with van der Waals surface area (Å²) in [4.78, 5) is 14.0. The molecular formula is C17H23ClN2OS2. The summed E-state index contributed by atoms with van der Waals surface area (Å²) in [6.45, 7) is 4.77. The number of thiophene rings is 1. The van der Waals surface area contributed by atoms with Crippen LogP contribution < -0.4 is 11.1 Å². The molecule has 3 nitrogen and oxygen atoms in total. The van der Waals surface area contributed by atoms with Crippen molar-refractivity contribution in [2.75, 3.05) is 12.8 Å². The first-order valence-electron chi connectivity index (χ1n) is 7.28. The minimum Gasteiger partial charge on any atom is -0.349 e. The smallest absolute Gasteiger partial charge is 0.262 e. The lowest BCUT2D eigenvalue weighted by molar-refractivity contribution is 0.0952. The fourth-order valence-electron chi connectivity index (χ4n) is 2.15. The molecule has 3 N–H and O–H groups in total. The molecule has 2 rings (SSSR count). The Morgan fingerprint density at radius 1 is 1.22 bits per heavy atom. The van der Waals surface area contributed by atoms with Crippen LogP contribution in [0.25, 0.3) is 0 Å². The van der Waals surface area contributed by atoms with Crippen molar-refractivity contribution in [3.05, 3.63) is 51.7 Å². The van der Waals surface area contributed by atoms with Crippen LogP contribution in [0.3, 0.4) is 0 Å². The van der Waals surface area contributed by atoms with Crippen molar-refractivity contribution in [2.24, 2.45) is 5.73 Å². The van der Waals surface area contributed by atoms with E-state index in [0.29, 0.717) is 12.5 Å². The molecule has 0 spiro atoms. The molecule has 1 heterocycles. The van der Waals surface area contributed by atoms with Crippen molar-refractivity contribution in [2.45, 2.75) is 30.7 Å².